The molecule has 1 N–H and O–H groups in total. The number of esters is 1. The van der Waals surface area contributed by atoms with Crippen LogP contribution >= 0.6 is 0 Å². The second kappa shape index (κ2) is 9.15. The molecule has 0 aliphatic carbocycles. The Hall–Kier alpha value is -2.24. The highest BCUT2D eigenvalue weighted by molar-refractivity contribution is 5.80. The number of hydrogen-bond acceptors (Lipinski definition) is 4. The van der Waals surface area contributed by atoms with E-state index in [4.69, 9.17) is 9.47 Å². The van der Waals surface area contributed by atoms with Crippen molar-refractivity contribution in [3.05, 3.63) is 29.8 Å². The number of piperidine rings is 1. The van der Waals surface area contributed by atoms with E-state index < -0.39 is 0 Å². The van der Waals surface area contributed by atoms with Gasteiger partial charge in [-0.1, -0.05) is 18.2 Å². The highest BCUT2D eigenvalue weighted by Crippen LogP contribution is 2.19. The van der Waals surface area contributed by atoms with E-state index >= 15 is 0 Å². The van der Waals surface area contributed by atoms with Crippen LogP contribution < -0.4 is 10.1 Å². The topological polar surface area (TPSA) is 63.2 Å². The van der Waals surface area contributed by atoms with E-state index in [2.05, 4.69) is 21.3 Å². The molecule has 1 aliphatic heterocycles. The first-order chi connectivity index (χ1) is 11.7. The number of para-hydroxylation sites is 1. The van der Waals surface area contributed by atoms with E-state index in [1.54, 1.807) is 14.2 Å². The fourth-order valence-corrected chi connectivity index (χ4v) is 3.04. The zero-order valence-corrected chi connectivity index (χ0v) is 14.7. The Morgan fingerprint density at radius 3 is 2.62 bits per heavy atom. The molecular weight excluding hydrogens is 306 g/mol. The molecular formula is C18H27N3O3. The van der Waals surface area contributed by atoms with Crippen LogP contribution in [-0.2, 0) is 16.0 Å². The number of carbonyl (C=O) groups excluding carboxylic acids is 1. The molecule has 0 radical (unpaired) electrons. The van der Waals surface area contributed by atoms with Crippen LogP contribution in [0, 0.1) is 5.92 Å². The summed E-state index contributed by atoms with van der Waals surface area (Å²) in [6, 6.07) is 8.04. The maximum atomic E-state index is 11.6. The van der Waals surface area contributed by atoms with E-state index in [0.717, 1.165) is 50.6 Å². The van der Waals surface area contributed by atoms with Gasteiger partial charge in [-0.15, -0.1) is 0 Å². The number of nitrogens with zero attached hydrogens (tertiary/aromatic N) is 2. The van der Waals surface area contributed by atoms with Gasteiger partial charge in [0.05, 0.1) is 20.1 Å². The van der Waals surface area contributed by atoms with Crippen LogP contribution in [0.1, 0.15) is 18.4 Å². The number of carbonyl (C=O) groups is 1. The van der Waals surface area contributed by atoms with Crippen LogP contribution in [0.15, 0.2) is 29.3 Å². The first-order valence-electron chi connectivity index (χ1n) is 8.35. The zero-order chi connectivity index (χ0) is 17.4. The smallest absolute Gasteiger partial charge is 0.308 e. The molecule has 0 atom stereocenters. The maximum Gasteiger partial charge on any atom is 0.308 e. The second-order valence-electron chi connectivity index (χ2n) is 5.82. The van der Waals surface area contributed by atoms with Crippen molar-refractivity contribution < 1.29 is 14.3 Å². The van der Waals surface area contributed by atoms with Crippen molar-refractivity contribution in [3.63, 3.8) is 0 Å². The molecule has 0 bridgehead atoms. The summed E-state index contributed by atoms with van der Waals surface area (Å²) < 4.78 is 10.2. The quantitative estimate of drug-likeness (QED) is 0.505. The third-order valence-electron chi connectivity index (χ3n) is 4.41. The Kier molecular flexibility index (Phi) is 6.90. The molecule has 1 aliphatic rings. The van der Waals surface area contributed by atoms with E-state index in [1.165, 1.54) is 12.7 Å². The first-order valence-corrected chi connectivity index (χ1v) is 8.35. The van der Waals surface area contributed by atoms with Gasteiger partial charge in [0.25, 0.3) is 0 Å². The van der Waals surface area contributed by atoms with Crippen LogP contribution in [0.3, 0.4) is 0 Å². The molecule has 1 aromatic carbocycles. The van der Waals surface area contributed by atoms with Gasteiger partial charge < -0.3 is 19.7 Å². The third kappa shape index (κ3) is 4.63. The third-order valence-corrected chi connectivity index (χ3v) is 4.41. The Morgan fingerprint density at radius 2 is 2.00 bits per heavy atom. The van der Waals surface area contributed by atoms with Gasteiger partial charge in [-0.25, -0.2) is 0 Å². The summed E-state index contributed by atoms with van der Waals surface area (Å²) in [4.78, 5) is 18.2. The Bertz CT molecular complexity index is 566. The minimum Gasteiger partial charge on any atom is -0.496 e. The summed E-state index contributed by atoms with van der Waals surface area (Å²) in [6.07, 6.45) is 2.47. The number of methoxy groups -OCH3 is 2. The predicted molar refractivity (Wildman–Crippen MR) is 94.4 cm³/mol. The molecule has 1 aromatic rings. The molecule has 1 heterocycles. The molecule has 6 heteroatoms. The minimum atomic E-state index is -0.103. The van der Waals surface area contributed by atoms with Gasteiger partial charge >= 0.3 is 5.97 Å². The van der Waals surface area contributed by atoms with Crippen LogP contribution in [0.2, 0.25) is 0 Å². The van der Waals surface area contributed by atoms with E-state index in [9.17, 15) is 4.79 Å². The summed E-state index contributed by atoms with van der Waals surface area (Å²) in [5.41, 5.74) is 1.17. The SMILES string of the molecule is CN=C(NCCc1ccccc1OC)N1CCC(C(=O)OC)CC1. The van der Waals surface area contributed by atoms with Crippen molar-refractivity contribution in [1.82, 2.24) is 10.2 Å². The molecule has 24 heavy (non-hydrogen) atoms. The van der Waals surface area contributed by atoms with Gasteiger partial charge in [-0.05, 0) is 30.9 Å². The molecule has 1 fully saturated rings. The van der Waals surface area contributed by atoms with E-state index in [0.29, 0.717) is 0 Å². The van der Waals surface area contributed by atoms with E-state index in [-0.39, 0.29) is 11.9 Å². The molecule has 2 rings (SSSR count). The van der Waals surface area contributed by atoms with Gasteiger partial charge in [0.2, 0.25) is 0 Å². The number of guanidine groups is 1. The maximum absolute atomic E-state index is 11.6. The van der Waals surface area contributed by atoms with E-state index in [1.807, 2.05) is 18.2 Å². The largest absolute Gasteiger partial charge is 0.496 e. The summed E-state index contributed by atoms with van der Waals surface area (Å²) in [5, 5.41) is 3.40. The summed E-state index contributed by atoms with van der Waals surface area (Å²) in [7, 11) is 4.93. The fourth-order valence-electron chi connectivity index (χ4n) is 3.04. The van der Waals surface area contributed by atoms with Gasteiger partial charge in [0.15, 0.2) is 5.96 Å². The lowest BCUT2D eigenvalue weighted by atomic mass is 9.97. The normalized spacial score (nSPS) is 16.0. The van der Waals surface area contributed by atoms with Crippen molar-refractivity contribution in [2.75, 3.05) is 40.9 Å². The number of benzene rings is 1. The number of aliphatic imine (C=N–C) groups is 1. The zero-order valence-electron chi connectivity index (χ0n) is 14.7. The van der Waals surface area contributed by atoms with Gasteiger partial charge in [0.1, 0.15) is 5.75 Å². The Labute approximate surface area is 143 Å². The highest BCUT2D eigenvalue weighted by atomic mass is 16.5. The Morgan fingerprint density at radius 1 is 1.29 bits per heavy atom. The summed E-state index contributed by atoms with van der Waals surface area (Å²) >= 11 is 0. The van der Waals surface area contributed by atoms with Crippen molar-refractivity contribution in [2.24, 2.45) is 10.9 Å². The molecule has 132 valence electrons. The molecule has 0 amide bonds. The lowest BCUT2D eigenvalue weighted by Gasteiger charge is -2.33. The second-order valence-corrected chi connectivity index (χ2v) is 5.82. The number of likely N-dealkylation sites (tertiary alicyclic amines) is 1. The fraction of sp³-hybridized carbons (Fsp3) is 0.556. The number of hydrogen-bond donors (Lipinski definition) is 1. The molecule has 0 spiro atoms. The van der Waals surface area contributed by atoms with Gasteiger partial charge in [0, 0.05) is 26.7 Å². The average Bonchev–Trinajstić information content (AvgIpc) is 2.65. The molecule has 6 nitrogen and oxygen atoms in total. The van der Waals surface area contributed by atoms with Crippen molar-refractivity contribution in [1.29, 1.82) is 0 Å². The number of nitrogens with one attached hydrogen (secondary N) is 1. The van der Waals surface area contributed by atoms with Gasteiger partial charge in [-0.2, -0.15) is 0 Å². The van der Waals surface area contributed by atoms with Crippen molar-refractivity contribution in [3.8, 4) is 5.75 Å². The standard InChI is InChI=1S/C18H27N3O3/c1-19-18(21-12-9-15(10-13-21)17(22)24-3)20-11-8-14-6-4-5-7-16(14)23-2/h4-7,15H,8-13H2,1-3H3,(H,19,20). The van der Waals surface area contributed by atoms with Crippen LogP contribution in [0.5, 0.6) is 5.75 Å². The lowest BCUT2D eigenvalue weighted by molar-refractivity contribution is -0.146. The van der Waals surface area contributed by atoms with Crippen LogP contribution in [-0.4, -0.2) is 57.7 Å². The molecule has 1 saturated heterocycles. The highest BCUT2D eigenvalue weighted by Gasteiger charge is 2.26. The van der Waals surface area contributed by atoms with Crippen molar-refractivity contribution >= 4 is 11.9 Å². The Balaban J connectivity index is 1.82. The minimum absolute atomic E-state index is 0.0120. The average molecular weight is 333 g/mol. The molecule has 0 unspecified atom stereocenters. The number of rotatable bonds is 5. The van der Waals surface area contributed by atoms with Gasteiger partial charge in [-0.3, -0.25) is 9.79 Å². The lowest BCUT2D eigenvalue weighted by Crippen LogP contribution is -2.47. The summed E-state index contributed by atoms with van der Waals surface area (Å²) in [6.45, 7) is 2.41. The van der Waals surface area contributed by atoms with Crippen LogP contribution in [0.25, 0.3) is 0 Å². The summed E-state index contributed by atoms with van der Waals surface area (Å²) in [5.74, 6) is 1.70. The number of ether oxygens (including phenoxy) is 2. The van der Waals surface area contributed by atoms with Crippen molar-refractivity contribution in [2.45, 2.75) is 19.3 Å². The van der Waals surface area contributed by atoms with Crippen LogP contribution in [0.4, 0.5) is 0 Å². The first kappa shape index (κ1) is 18.1. The monoisotopic (exact) mass is 333 g/mol. The predicted octanol–water partition coefficient (Wildman–Crippen LogP) is 1.70. The molecule has 0 saturated carbocycles. The molecule has 0 aromatic heterocycles.